The van der Waals surface area contributed by atoms with Crippen LogP contribution in [0.3, 0.4) is 0 Å². The highest BCUT2D eigenvalue weighted by Gasteiger charge is 2.44. The van der Waals surface area contributed by atoms with Gasteiger partial charge >= 0.3 is 0 Å². The minimum atomic E-state index is -0.539. The van der Waals surface area contributed by atoms with Crippen LogP contribution in [-0.4, -0.2) is 17.8 Å². The van der Waals surface area contributed by atoms with Gasteiger partial charge in [-0.1, -0.05) is 42.7 Å². The summed E-state index contributed by atoms with van der Waals surface area (Å²) < 4.78 is 0. The van der Waals surface area contributed by atoms with Gasteiger partial charge in [0.25, 0.3) is 0 Å². The number of aldehydes is 1. The number of hydrogen-bond donors (Lipinski definition) is 0. The maximum absolute atomic E-state index is 11.6. The van der Waals surface area contributed by atoms with Crippen molar-refractivity contribution >= 4 is 6.29 Å². The SMILES string of the molecule is Cc1ccc([C@@H](C[N+](=O)[O-])C2(C=O)CCCC2)cc1. The Morgan fingerprint density at radius 2 is 1.89 bits per heavy atom. The Balaban J connectivity index is 2.37. The van der Waals surface area contributed by atoms with Crippen molar-refractivity contribution in [3.63, 3.8) is 0 Å². The number of hydrogen-bond acceptors (Lipinski definition) is 3. The topological polar surface area (TPSA) is 60.2 Å². The van der Waals surface area contributed by atoms with E-state index < -0.39 is 5.41 Å². The van der Waals surface area contributed by atoms with E-state index in [9.17, 15) is 14.9 Å². The number of carbonyl (C=O) groups is 1. The fraction of sp³-hybridized carbons (Fsp3) is 0.533. The van der Waals surface area contributed by atoms with Gasteiger partial charge in [0.15, 0.2) is 0 Å². The van der Waals surface area contributed by atoms with Crippen molar-refractivity contribution in [3.8, 4) is 0 Å². The molecule has 0 aromatic heterocycles. The van der Waals surface area contributed by atoms with Crippen molar-refractivity contribution in [1.82, 2.24) is 0 Å². The lowest BCUT2D eigenvalue weighted by molar-refractivity contribution is -0.485. The highest BCUT2D eigenvalue weighted by atomic mass is 16.6. The molecule has 102 valence electrons. The molecule has 0 radical (unpaired) electrons. The van der Waals surface area contributed by atoms with Gasteiger partial charge in [0.05, 0.1) is 5.92 Å². The van der Waals surface area contributed by atoms with Gasteiger partial charge in [-0.05, 0) is 25.3 Å². The molecule has 0 saturated heterocycles. The maximum atomic E-state index is 11.6. The van der Waals surface area contributed by atoms with Gasteiger partial charge in [-0.3, -0.25) is 10.1 Å². The monoisotopic (exact) mass is 261 g/mol. The van der Waals surface area contributed by atoms with Gasteiger partial charge in [0, 0.05) is 10.3 Å². The first-order chi connectivity index (χ1) is 9.07. The highest BCUT2D eigenvalue weighted by Crippen LogP contribution is 2.47. The van der Waals surface area contributed by atoms with Gasteiger partial charge in [-0.15, -0.1) is 0 Å². The molecule has 2 rings (SSSR count). The summed E-state index contributed by atoms with van der Waals surface area (Å²) in [4.78, 5) is 22.2. The summed E-state index contributed by atoms with van der Waals surface area (Å²) >= 11 is 0. The fourth-order valence-corrected chi connectivity index (χ4v) is 3.15. The lowest BCUT2D eigenvalue weighted by Crippen LogP contribution is -2.32. The molecule has 0 amide bonds. The van der Waals surface area contributed by atoms with E-state index >= 15 is 0 Å². The molecule has 0 aliphatic heterocycles. The van der Waals surface area contributed by atoms with Crippen molar-refractivity contribution in [1.29, 1.82) is 0 Å². The van der Waals surface area contributed by atoms with E-state index in [2.05, 4.69) is 0 Å². The molecular formula is C15H19NO3. The minimum Gasteiger partial charge on any atom is -0.303 e. The Morgan fingerprint density at radius 3 is 2.37 bits per heavy atom. The van der Waals surface area contributed by atoms with E-state index in [1.165, 1.54) is 0 Å². The summed E-state index contributed by atoms with van der Waals surface area (Å²) in [6.07, 6.45) is 4.47. The number of aryl methyl sites for hydroxylation is 1. The lowest BCUT2D eigenvalue weighted by Gasteiger charge is -2.30. The van der Waals surface area contributed by atoms with Crippen LogP contribution in [0.5, 0.6) is 0 Å². The lowest BCUT2D eigenvalue weighted by atomic mass is 9.71. The zero-order valence-corrected chi connectivity index (χ0v) is 11.2. The molecule has 0 spiro atoms. The van der Waals surface area contributed by atoms with Crippen LogP contribution in [0.25, 0.3) is 0 Å². The second-order valence-electron chi connectivity index (χ2n) is 5.54. The summed E-state index contributed by atoms with van der Waals surface area (Å²) in [7, 11) is 0. The number of carbonyl (C=O) groups excluding carboxylic acids is 1. The van der Waals surface area contributed by atoms with Crippen LogP contribution in [0.15, 0.2) is 24.3 Å². The third-order valence-corrected chi connectivity index (χ3v) is 4.27. The van der Waals surface area contributed by atoms with Crippen molar-refractivity contribution in [2.75, 3.05) is 6.54 Å². The number of rotatable bonds is 5. The highest BCUT2D eigenvalue weighted by molar-refractivity contribution is 5.62. The van der Waals surface area contributed by atoms with Gasteiger partial charge in [-0.2, -0.15) is 0 Å². The summed E-state index contributed by atoms with van der Waals surface area (Å²) in [6.45, 7) is 1.82. The van der Waals surface area contributed by atoms with Gasteiger partial charge in [-0.25, -0.2) is 0 Å². The summed E-state index contributed by atoms with van der Waals surface area (Å²) in [5, 5.41) is 11.0. The second-order valence-corrected chi connectivity index (χ2v) is 5.54. The average Bonchev–Trinajstić information content (AvgIpc) is 2.87. The predicted molar refractivity (Wildman–Crippen MR) is 72.7 cm³/mol. The Labute approximate surface area is 113 Å². The van der Waals surface area contributed by atoms with Crippen LogP contribution in [0.2, 0.25) is 0 Å². The Bertz CT molecular complexity index is 461. The van der Waals surface area contributed by atoms with Crippen LogP contribution < -0.4 is 0 Å². The summed E-state index contributed by atoms with van der Waals surface area (Å²) in [6, 6.07) is 7.76. The van der Waals surface area contributed by atoms with Gasteiger partial charge in [0.1, 0.15) is 6.29 Å². The number of nitro groups is 1. The Hall–Kier alpha value is -1.71. The molecule has 1 aliphatic carbocycles. The van der Waals surface area contributed by atoms with E-state index in [-0.39, 0.29) is 17.4 Å². The van der Waals surface area contributed by atoms with Crippen LogP contribution >= 0.6 is 0 Å². The first-order valence-electron chi connectivity index (χ1n) is 6.72. The van der Waals surface area contributed by atoms with Crippen LogP contribution in [0, 0.1) is 22.5 Å². The first kappa shape index (κ1) is 13.7. The zero-order chi connectivity index (χ0) is 13.9. The van der Waals surface area contributed by atoms with E-state index in [0.29, 0.717) is 0 Å². The molecular weight excluding hydrogens is 242 g/mol. The van der Waals surface area contributed by atoms with Crippen LogP contribution in [0.4, 0.5) is 0 Å². The van der Waals surface area contributed by atoms with Crippen molar-refractivity contribution in [2.45, 2.75) is 38.5 Å². The van der Waals surface area contributed by atoms with Crippen molar-refractivity contribution in [2.24, 2.45) is 5.41 Å². The van der Waals surface area contributed by atoms with Gasteiger partial charge < -0.3 is 4.79 Å². The average molecular weight is 261 g/mol. The first-order valence-corrected chi connectivity index (χ1v) is 6.72. The Kier molecular flexibility index (Phi) is 3.98. The molecule has 0 N–H and O–H groups in total. The van der Waals surface area contributed by atoms with E-state index in [1.807, 2.05) is 31.2 Å². The van der Waals surface area contributed by atoms with E-state index in [4.69, 9.17) is 0 Å². The molecule has 1 aromatic carbocycles. The zero-order valence-electron chi connectivity index (χ0n) is 11.2. The maximum Gasteiger partial charge on any atom is 0.211 e. The standard InChI is InChI=1S/C15H19NO3/c1-12-4-6-13(7-5-12)14(10-16(18)19)15(11-17)8-2-3-9-15/h4-7,11,14H,2-3,8-10H2,1H3/t14-/m1/s1. The third-order valence-electron chi connectivity index (χ3n) is 4.27. The normalized spacial score (nSPS) is 19.0. The van der Waals surface area contributed by atoms with Gasteiger partial charge in [0.2, 0.25) is 6.54 Å². The Morgan fingerprint density at radius 1 is 1.32 bits per heavy atom. The van der Waals surface area contributed by atoms with Crippen molar-refractivity contribution in [3.05, 3.63) is 45.5 Å². The summed E-state index contributed by atoms with van der Waals surface area (Å²) in [5.41, 5.74) is 1.49. The number of nitrogens with zero attached hydrogens (tertiary/aromatic N) is 1. The molecule has 1 fully saturated rings. The molecule has 19 heavy (non-hydrogen) atoms. The van der Waals surface area contributed by atoms with E-state index in [0.717, 1.165) is 43.1 Å². The molecule has 1 atom stereocenters. The van der Waals surface area contributed by atoms with Crippen molar-refractivity contribution < 1.29 is 9.72 Å². The van der Waals surface area contributed by atoms with E-state index in [1.54, 1.807) is 0 Å². The smallest absolute Gasteiger partial charge is 0.211 e. The molecule has 1 saturated carbocycles. The minimum absolute atomic E-state index is 0.165. The fourth-order valence-electron chi connectivity index (χ4n) is 3.15. The largest absolute Gasteiger partial charge is 0.303 e. The second kappa shape index (κ2) is 5.51. The molecule has 1 aromatic rings. The molecule has 0 heterocycles. The molecule has 4 nitrogen and oxygen atoms in total. The molecule has 0 bridgehead atoms. The van der Waals surface area contributed by atoms with Crippen LogP contribution in [0.1, 0.15) is 42.7 Å². The molecule has 0 unspecified atom stereocenters. The predicted octanol–water partition coefficient (Wildman–Crippen LogP) is 3.11. The quantitative estimate of drug-likeness (QED) is 0.465. The number of benzene rings is 1. The molecule has 1 aliphatic rings. The molecule has 4 heteroatoms. The van der Waals surface area contributed by atoms with Crippen LogP contribution in [-0.2, 0) is 4.79 Å². The summed E-state index contributed by atoms with van der Waals surface area (Å²) in [5.74, 6) is -0.303. The third kappa shape index (κ3) is 2.83.